The van der Waals surface area contributed by atoms with E-state index in [0.717, 1.165) is 22.5 Å². The molecule has 1 aromatic heterocycles. The minimum atomic E-state index is 0.646. The predicted octanol–water partition coefficient (Wildman–Crippen LogP) is 1.85. The van der Waals surface area contributed by atoms with E-state index in [4.69, 9.17) is 10.3 Å². The van der Waals surface area contributed by atoms with Gasteiger partial charge >= 0.3 is 0 Å². The number of nitrogens with zero attached hydrogens (tertiary/aromatic N) is 1. The zero-order chi connectivity index (χ0) is 9.80. The van der Waals surface area contributed by atoms with Gasteiger partial charge in [-0.25, -0.2) is 0 Å². The Morgan fingerprint density at radius 1 is 1.43 bits per heavy atom. The molecule has 0 amide bonds. The van der Waals surface area contributed by atoms with Gasteiger partial charge in [-0.1, -0.05) is 29.2 Å². The molecule has 14 heavy (non-hydrogen) atoms. The van der Waals surface area contributed by atoms with Gasteiger partial charge in [0.15, 0.2) is 11.4 Å². The molecule has 2 aromatic rings. The summed E-state index contributed by atoms with van der Waals surface area (Å²) in [5.41, 5.74) is 6.17. The number of para-hydroxylation sites is 1. The number of rotatable bonds is 4. The third kappa shape index (κ3) is 1.83. The van der Waals surface area contributed by atoms with E-state index in [1.54, 1.807) is 0 Å². The summed E-state index contributed by atoms with van der Waals surface area (Å²) < 4.78 is 8.22. The van der Waals surface area contributed by atoms with Crippen LogP contribution in [0.15, 0.2) is 28.8 Å². The summed E-state index contributed by atoms with van der Waals surface area (Å²) in [6, 6.07) is 7.74. The molecule has 0 spiro atoms. The van der Waals surface area contributed by atoms with E-state index in [0.29, 0.717) is 6.54 Å². The first-order valence-electron chi connectivity index (χ1n) is 4.34. The molecule has 5 heteroatoms. The third-order valence-corrected chi connectivity index (χ3v) is 2.54. The highest BCUT2D eigenvalue weighted by Crippen LogP contribution is 2.23. The van der Waals surface area contributed by atoms with Gasteiger partial charge in [0.2, 0.25) is 0 Å². The first kappa shape index (κ1) is 9.36. The van der Waals surface area contributed by atoms with Crippen LogP contribution in [0.2, 0.25) is 0 Å². The highest BCUT2D eigenvalue weighted by Gasteiger charge is 2.05. The number of nitrogens with two attached hydrogens (primary N) is 1. The summed E-state index contributed by atoms with van der Waals surface area (Å²) in [5.74, 6) is 1.61. The average Bonchev–Trinajstić information content (AvgIpc) is 2.63. The normalized spacial score (nSPS) is 10.6. The second kappa shape index (κ2) is 4.34. The molecule has 0 aliphatic carbocycles. The summed E-state index contributed by atoms with van der Waals surface area (Å²) in [7, 11) is 0. The molecular weight excluding hydrogens is 198 g/mol. The quantitative estimate of drug-likeness (QED) is 0.594. The Bertz CT molecular complexity index is 415. The highest BCUT2D eigenvalue weighted by atomic mass is 32.2. The predicted molar refractivity (Wildman–Crippen MR) is 59.1 cm³/mol. The maximum Gasteiger partial charge on any atom is 0.187 e. The molecular formula is C9H11N3OS. The van der Waals surface area contributed by atoms with Gasteiger partial charge in [0.25, 0.3) is 0 Å². The molecule has 1 aromatic carbocycles. The second-order valence-electron chi connectivity index (χ2n) is 2.77. The smallest absolute Gasteiger partial charge is 0.187 e. The van der Waals surface area contributed by atoms with Crippen molar-refractivity contribution in [2.75, 3.05) is 17.0 Å². The van der Waals surface area contributed by atoms with Crippen LogP contribution in [0, 0.1) is 0 Å². The third-order valence-electron chi connectivity index (χ3n) is 1.77. The van der Waals surface area contributed by atoms with E-state index in [2.05, 4.69) is 9.88 Å². The van der Waals surface area contributed by atoms with Crippen LogP contribution in [0.4, 0.5) is 5.82 Å². The van der Waals surface area contributed by atoms with Gasteiger partial charge in [-0.15, -0.1) is 0 Å². The summed E-state index contributed by atoms with van der Waals surface area (Å²) >= 11 is 1.53. The van der Waals surface area contributed by atoms with E-state index in [1.165, 1.54) is 11.9 Å². The van der Waals surface area contributed by atoms with Crippen molar-refractivity contribution in [3.8, 4) is 0 Å². The fourth-order valence-corrected chi connectivity index (χ4v) is 1.64. The summed E-state index contributed by atoms with van der Waals surface area (Å²) in [6.45, 7) is 0.646. The minimum Gasteiger partial charge on any atom is -0.354 e. The zero-order valence-corrected chi connectivity index (χ0v) is 8.38. The van der Waals surface area contributed by atoms with Gasteiger partial charge in [-0.2, -0.15) is 0 Å². The number of benzene rings is 1. The Hall–Kier alpha value is -1.20. The van der Waals surface area contributed by atoms with E-state index in [-0.39, 0.29) is 0 Å². The SMILES string of the molecule is NCCSNc1noc2ccccc12. The van der Waals surface area contributed by atoms with Crippen LogP contribution < -0.4 is 10.5 Å². The van der Waals surface area contributed by atoms with Crippen molar-refractivity contribution < 1.29 is 4.52 Å². The van der Waals surface area contributed by atoms with Crippen LogP contribution in [-0.4, -0.2) is 17.5 Å². The van der Waals surface area contributed by atoms with Crippen molar-refractivity contribution >= 4 is 28.7 Å². The fraction of sp³-hybridized carbons (Fsp3) is 0.222. The number of aromatic nitrogens is 1. The van der Waals surface area contributed by atoms with Crippen molar-refractivity contribution in [3.05, 3.63) is 24.3 Å². The lowest BCUT2D eigenvalue weighted by atomic mass is 10.2. The lowest BCUT2D eigenvalue weighted by Gasteiger charge is -1.98. The van der Waals surface area contributed by atoms with Gasteiger partial charge < -0.3 is 15.0 Å². The molecule has 0 unspecified atom stereocenters. The van der Waals surface area contributed by atoms with Crippen molar-refractivity contribution in [3.63, 3.8) is 0 Å². The second-order valence-corrected chi connectivity index (χ2v) is 3.67. The van der Waals surface area contributed by atoms with Crippen LogP contribution in [0.5, 0.6) is 0 Å². The van der Waals surface area contributed by atoms with Gasteiger partial charge in [0, 0.05) is 12.3 Å². The van der Waals surface area contributed by atoms with E-state index >= 15 is 0 Å². The molecule has 0 atom stereocenters. The average molecular weight is 209 g/mol. The number of nitrogens with one attached hydrogen (secondary N) is 1. The fourth-order valence-electron chi connectivity index (χ4n) is 1.14. The lowest BCUT2D eigenvalue weighted by Crippen LogP contribution is -2.03. The Morgan fingerprint density at radius 3 is 3.14 bits per heavy atom. The van der Waals surface area contributed by atoms with Crippen molar-refractivity contribution in [1.82, 2.24) is 5.16 Å². The topological polar surface area (TPSA) is 64.1 Å². The molecule has 74 valence electrons. The summed E-state index contributed by atoms with van der Waals surface area (Å²) in [4.78, 5) is 0. The van der Waals surface area contributed by atoms with Crippen LogP contribution in [0.25, 0.3) is 11.0 Å². The maximum atomic E-state index is 5.38. The molecule has 0 fully saturated rings. The number of fused-ring (bicyclic) bond motifs is 1. The molecule has 0 aliphatic heterocycles. The molecule has 4 nitrogen and oxygen atoms in total. The van der Waals surface area contributed by atoms with Gasteiger partial charge in [0.05, 0.1) is 5.39 Å². The van der Waals surface area contributed by atoms with Crippen LogP contribution in [0.3, 0.4) is 0 Å². The van der Waals surface area contributed by atoms with Gasteiger partial charge in [-0.3, -0.25) is 0 Å². The van der Waals surface area contributed by atoms with Gasteiger partial charge in [-0.05, 0) is 12.1 Å². The van der Waals surface area contributed by atoms with Gasteiger partial charge in [0.1, 0.15) is 0 Å². The van der Waals surface area contributed by atoms with Crippen LogP contribution in [0.1, 0.15) is 0 Å². The first-order chi connectivity index (χ1) is 6.92. The monoisotopic (exact) mass is 209 g/mol. The molecule has 0 radical (unpaired) electrons. The standard InChI is InChI=1S/C9H11N3OS/c10-5-6-14-12-9-7-3-1-2-4-8(7)13-11-9/h1-4H,5-6,10H2,(H,11,12). The molecule has 2 rings (SSSR count). The van der Waals surface area contributed by atoms with Crippen molar-refractivity contribution in [2.24, 2.45) is 5.73 Å². The maximum absolute atomic E-state index is 5.38. The molecule has 0 aliphatic rings. The molecule has 0 saturated heterocycles. The minimum absolute atomic E-state index is 0.646. The van der Waals surface area contributed by atoms with Crippen LogP contribution >= 0.6 is 11.9 Å². The largest absolute Gasteiger partial charge is 0.354 e. The zero-order valence-electron chi connectivity index (χ0n) is 7.56. The molecule has 0 bridgehead atoms. The van der Waals surface area contributed by atoms with E-state index in [1.807, 2.05) is 24.3 Å². The summed E-state index contributed by atoms with van der Waals surface area (Å²) in [6.07, 6.45) is 0. The molecule has 3 N–H and O–H groups in total. The first-order valence-corrected chi connectivity index (χ1v) is 5.32. The number of hydrogen-bond donors (Lipinski definition) is 2. The molecule has 0 saturated carbocycles. The number of anilines is 1. The Morgan fingerprint density at radius 2 is 2.29 bits per heavy atom. The molecule has 1 heterocycles. The highest BCUT2D eigenvalue weighted by molar-refractivity contribution is 8.00. The Kier molecular flexibility index (Phi) is 2.90. The van der Waals surface area contributed by atoms with Crippen LogP contribution in [-0.2, 0) is 0 Å². The lowest BCUT2D eigenvalue weighted by molar-refractivity contribution is 0.460. The van der Waals surface area contributed by atoms with Crippen molar-refractivity contribution in [1.29, 1.82) is 0 Å². The Labute approximate surface area is 86.0 Å². The number of hydrogen-bond acceptors (Lipinski definition) is 5. The Balaban J connectivity index is 2.17. The van der Waals surface area contributed by atoms with Crippen molar-refractivity contribution in [2.45, 2.75) is 0 Å². The van der Waals surface area contributed by atoms with E-state index < -0.39 is 0 Å². The summed E-state index contributed by atoms with van der Waals surface area (Å²) in [5, 5.41) is 4.92. The van der Waals surface area contributed by atoms with E-state index in [9.17, 15) is 0 Å².